The van der Waals surface area contributed by atoms with Gasteiger partial charge in [-0.25, -0.2) is 0 Å². The van der Waals surface area contributed by atoms with Gasteiger partial charge < -0.3 is 10.1 Å². The van der Waals surface area contributed by atoms with Crippen molar-refractivity contribution in [3.05, 3.63) is 42.1 Å². The van der Waals surface area contributed by atoms with Crippen LogP contribution in [0.15, 0.2) is 36.5 Å². The van der Waals surface area contributed by atoms with Crippen LogP contribution in [0.1, 0.15) is 18.5 Å². The summed E-state index contributed by atoms with van der Waals surface area (Å²) in [5.41, 5.74) is 1.68. The summed E-state index contributed by atoms with van der Waals surface area (Å²) in [5, 5.41) is 4.12. The molecule has 114 valence electrons. The summed E-state index contributed by atoms with van der Waals surface area (Å²) in [6.07, 6.45) is -2.61. The molecular weight excluding hydrogens is 281 g/mol. The molecule has 0 amide bonds. The van der Waals surface area contributed by atoms with Crippen LogP contribution in [-0.4, -0.2) is 30.9 Å². The van der Waals surface area contributed by atoms with Gasteiger partial charge in [-0.05, 0) is 24.2 Å². The van der Waals surface area contributed by atoms with Crippen molar-refractivity contribution in [2.24, 2.45) is 0 Å². The number of nitrogens with zero attached hydrogens (tertiary/aromatic N) is 1. The number of hydrogen-bond acceptors (Lipinski definition) is 3. The highest BCUT2D eigenvalue weighted by molar-refractivity contribution is 5.78. The van der Waals surface area contributed by atoms with Crippen molar-refractivity contribution >= 4 is 10.9 Å². The summed E-state index contributed by atoms with van der Waals surface area (Å²) >= 11 is 0. The highest BCUT2D eigenvalue weighted by Crippen LogP contribution is 2.21. The molecule has 0 aliphatic rings. The van der Waals surface area contributed by atoms with Crippen LogP contribution in [0, 0.1) is 0 Å². The van der Waals surface area contributed by atoms with E-state index in [4.69, 9.17) is 4.74 Å². The van der Waals surface area contributed by atoms with Gasteiger partial charge in [0.2, 0.25) is 0 Å². The number of pyridine rings is 1. The number of fused-ring (bicyclic) bond motifs is 1. The summed E-state index contributed by atoms with van der Waals surface area (Å²) < 4.78 is 41.2. The molecule has 1 aromatic carbocycles. The fraction of sp³-hybridized carbons (Fsp3) is 0.400. The molecule has 1 N–H and O–H groups in total. The molecule has 3 nitrogen and oxygen atoms in total. The van der Waals surface area contributed by atoms with E-state index in [-0.39, 0.29) is 12.6 Å². The van der Waals surface area contributed by atoms with E-state index in [0.717, 1.165) is 16.5 Å². The normalized spacial score (nSPS) is 13.5. The van der Waals surface area contributed by atoms with Gasteiger partial charge in [-0.3, -0.25) is 4.98 Å². The number of likely N-dealkylation sites (N-methyl/N-ethyl adjacent to an activating group) is 1. The van der Waals surface area contributed by atoms with Crippen LogP contribution >= 0.6 is 0 Å². The lowest BCUT2D eigenvalue weighted by molar-refractivity contribution is -0.175. The first-order valence-electron chi connectivity index (χ1n) is 6.72. The second-order valence-electron chi connectivity index (χ2n) is 4.70. The molecule has 2 rings (SSSR count). The third-order valence-electron chi connectivity index (χ3n) is 3.03. The zero-order chi connectivity index (χ0) is 15.3. The van der Waals surface area contributed by atoms with Gasteiger partial charge in [0.1, 0.15) is 6.61 Å². The molecule has 1 atom stereocenters. The molecule has 2 aromatic rings. The first-order chi connectivity index (χ1) is 9.99. The number of alkyl halides is 3. The minimum absolute atomic E-state index is 0.0360. The fourth-order valence-corrected chi connectivity index (χ4v) is 2.11. The van der Waals surface area contributed by atoms with Crippen LogP contribution in [0.4, 0.5) is 13.2 Å². The van der Waals surface area contributed by atoms with Crippen LogP contribution in [-0.2, 0) is 4.74 Å². The summed E-state index contributed by atoms with van der Waals surface area (Å²) in [6, 6.07) is 9.16. The Morgan fingerprint density at radius 2 is 2.10 bits per heavy atom. The summed E-state index contributed by atoms with van der Waals surface area (Å²) in [6.45, 7) is 1.27. The van der Waals surface area contributed by atoms with Crippen molar-refractivity contribution in [3.63, 3.8) is 0 Å². The Balaban J connectivity index is 2.11. The third-order valence-corrected chi connectivity index (χ3v) is 3.03. The van der Waals surface area contributed by atoms with Gasteiger partial charge in [-0.2, -0.15) is 13.2 Å². The molecule has 0 saturated heterocycles. The van der Waals surface area contributed by atoms with E-state index < -0.39 is 12.8 Å². The second-order valence-corrected chi connectivity index (χ2v) is 4.70. The highest BCUT2D eigenvalue weighted by atomic mass is 19.4. The molecule has 0 bridgehead atoms. The number of rotatable bonds is 6. The Kier molecular flexibility index (Phi) is 5.14. The van der Waals surface area contributed by atoms with Gasteiger partial charge in [0.15, 0.2) is 0 Å². The van der Waals surface area contributed by atoms with Crippen molar-refractivity contribution in [2.75, 3.05) is 19.8 Å². The van der Waals surface area contributed by atoms with Gasteiger partial charge in [0.05, 0.1) is 18.2 Å². The van der Waals surface area contributed by atoms with E-state index in [2.05, 4.69) is 10.3 Å². The third kappa shape index (κ3) is 4.68. The first-order valence-corrected chi connectivity index (χ1v) is 6.72. The van der Waals surface area contributed by atoms with E-state index >= 15 is 0 Å². The highest BCUT2D eigenvalue weighted by Gasteiger charge is 2.28. The van der Waals surface area contributed by atoms with Crippen molar-refractivity contribution in [1.29, 1.82) is 0 Å². The van der Waals surface area contributed by atoms with Crippen molar-refractivity contribution in [3.8, 4) is 0 Å². The maximum atomic E-state index is 12.1. The van der Waals surface area contributed by atoms with E-state index in [1.807, 2.05) is 37.3 Å². The number of aromatic nitrogens is 1. The summed E-state index contributed by atoms with van der Waals surface area (Å²) in [7, 11) is 0. The molecular formula is C15H17F3N2O. The predicted molar refractivity (Wildman–Crippen MR) is 75.0 cm³/mol. The largest absolute Gasteiger partial charge is 0.411 e. The van der Waals surface area contributed by atoms with Gasteiger partial charge in [-0.1, -0.05) is 25.1 Å². The first kappa shape index (κ1) is 15.7. The van der Waals surface area contributed by atoms with Crippen molar-refractivity contribution in [2.45, 2.75) is 19.1 Å². The Morgan fingerprint density at radius 3 is 2.81 bits per heavy atom. The predicted octanol–water partition coefficient (Wildman–Crippen LogP) is 3.46. The van der Waals surface area contributed by atoms with Crippen LogP contribution in [0.2, 0.25) is 0 Å². The molecule has 0 saturated carbocycles. The zero-order valence-corrected chi connectivity index (χ0v) is 11.7. The van der Waals surface area contributed by atoms with Crippen LogP contribution in [0.25, 0.3) is 10.9 Å². The molecule has 0 fully saturated rings. The molecule has 1 aromatic heterocycles. The lowest BCUT2D eigenvalue weighted by Gasteiger charge is -2.19. The molecule has 6 heteroatoms. The Morgan fingerprint density at radius 1 is 1.29 bits per heavy atom. The van der Waals surface area contributed by atoms with Crippen molar-refractivity contribution in [1.82, 2.24) is 10.3 Å². The fourth-order valence-electron chi connectivity index (χ4n) is 2.11. The molecule has 0 aliphatic heterocycles. The average molecular weight is 298 g/mol. The van der Waals surface area contributed by atoms with Crippen LogP contribution in [0.5, 0.6) is 0 Å². The quantitative estimate of drug-likeness (QED) is 0.886. The maximum Gasteiger partial charge on any atom is 0.411 e. The lowest BCUT2D eigenvalue weighted by Crippen LogP contribution is -2.28. The van der Waals surface area contributed by atoms with Gasteiger partial charge in [-0.15, -0.1) is 0 Å². The number of halogens is 3. The Hall–Kier alpha value is -1.66. The molecule has 1 heterocycles. The molecule has 21 heavy (non-hydrogen) atoms. The van der Waals surface area contributed by atoms with Crippen LogP contribution < -0.4 is 5.32 Å². The topological polar surface area (TPSA) is 34.1 Å². The average Bonchev–Trinajstić information content (AvgIpc) is 2.44. The van der Waals surface area contributed by atoms with E-state index in [1.165, 1.54) is 0 Å². The molecule has 0 spiro atoms. The number of nitrogens with one attached hydrogen (secondary N) is 1. The minimum atomic E-state index is -4.30. The molecule has 0 aliphatic carbocycles. The minimum Gasteiger partial charge on any atom is -0.370 e. The Bertz CT molecular complexity index is 586. The van der Waals surface area contributed by atoms with E-state index in [1.54, 1.807) is 6.20 Å². The summed E-state index contributed by atoms with van der Waals surface area (Å²) in [5.74, 6) is 0. The smallest absolute Gasteiger partial charge is 0.370 e. The molecule has 0 radical (unpaired) electrons. The van der Waals surface area contributed by atoms with Gasteiger partial charge in [0, 0.05) is 11.6 Å². The number of hydrogen-bond donors (Lipinski definition) is 1. The number of ether oxygens (including phenoxy) is 1. The lowest BCUT2D eigenvalue weighted by atomic mass is 10.0. The van der Waals surface area contributed by atoms with E-state index in [9.17, 15) is 13.2 Å². The zero-order valence-electron chi connectivity index (χ0n) is 11.7. The second kappa shape index (κ2) is 6.87. The van der Waals surface area contributed by atoms with Gasteiger partial charge in [0.25, 0.3) is 0 Å². The van der Waals surface area contributed by atoms with Gasteiger partial charge >= 0.3 is 6.18 Å². The monoisotopic (exact) mass is 298 g/mol. The standard InChI is InChI=1S/C15H17F3N2O/c1-2-19-14(9-21-10-15(16,17)18)12-6-5-11-4-3-7-20-13(11)8-12/h3-8,14,19H,2,9-10H2,1H3. The summed E-state index contributed by atoms with van der Waals surface area (Å²) in [4.78, 5) is 4.26. The Labute approximate surface area is 121 Å². The number of benzene rings is 1. The molecule has 1 unspecified atom stereocenters. The maximum absolute atomic E-state index is 12.1. The van der Waals surface area contributed by atoms with E-state index in [0.29, 0.717) is 6.54 Å². The van der Waals surface area contributed by atoms with Crippen molar-refractivity contribution < 1.29 is 17.9 Å². The SMILES string of the molecule is CCNC(COCC(F)(F)F)c1ccc2cccnc2c1. The van der Waals surface area contributed by atoms with Crippen LogP contribution in [0.3, 0.4) is 0 Å².